The van der Waals surface area contributed by atoms with Crippen molar-refractivity contribution in [1.29, 1.82) is 0 Å². The Bertz CT molecular complexity index is 1660. The number of benzene rings is 5. The lowest BCUT2D eigenvalue weighted by molar-refractivity contribution is 0.409. The molecule has 5 aromatic rings. The number of para-hydroxylation sites is 1. The Hall–Kier alpha value is -3.52. The molecule has 2 N–H and O–H groups in total. The summed E-state index contributed by atoms with van der Waals surface area (Å²) in [7, 11) is 3.34. The van der Waals surface area contributed by atoms with Crippen LogP contribution in [-0.2, 0) is 0 Å². The summed E-state index contributed by atoms with van der Waals surface area (Å²) in [6.45, 7) is 0. The zero-order chi connectivity index (χ0) is 26.2. The summed E-state index contributed by atoms with van der Waals surface area (Å²) in [6.07, 6.45) is 0. The van der Waals surface area contributed by atoms with Gasteiger partial charge in [0.15, 0.2) is 11.5 Å². The molecule has 0 unspecified atom stereocenters. The molecule has 0 saturated heterocycles. The predicted octanol–water partition coefficient (Wildman–Crippen LogP) is 10.0. The molecule has 1 aliphatic heterocycles. The molecule has 8 heteroatoms. The van der Waals surface area contributed by atoms with Gasteiger partial charge in [-0.1, -0.05) is 81.8 Å². The summed E-state index contributed by atoms with van der Waals surface area (Å²) in [5.74, 6) is 2.59. The number of halogens is 2. The fourth-order valence-corrected chi connectivity index (χ4v) is 6.22. The molecule has 6 rings (SSSR count). The van der Waals surface area contributed by atoms with Crippen molar-refractivity contribution in [3.63, 3.8) is 0 Å². The SMILES string of the molecule is COc1cc(Oc2ccccc2)c(Cl)c2c1Nc1c(c(Nc3ccc(Br)cc3)c(OC)c3ccccc13)S2. The van der Waals surface area contributed by atoms with Crippen LogP contribution in [0.25, 0.3) is 10.8 Å². The summed E-state index contributed by atoms with van der Waals surface area (Å²) in [5.41, 5.74) is 3.52. The molecule has 0 fully saturated rings. The van der Waals surface area contributed by atoms with E-state index in [1.807, 2.05) is 72.8 Å². The molecule has 0 saturated carbocycles. The van der Waals surface area contributed by atoms with E-state index >= 15 is 0 Å². The average molecular weight is 606 g/mol. The van der Waals surface area contributed by atoms with E-state index in [0.717, 1.165) is 53.5 Å². The normalized spacial score (nSPS) is 11.8. The average Bonchev–Trinajstić information content (AvgIpc) is 2.95. The monoisotopic (exact) mass is 604 g/mol. The van der Waals surface area contributed by atoms with Crippen molar-refractivity contribution in [3.05, 3.63) is 94.4 Å². The van der Waals surface area contributed by atoms with Gasteiger partial charge in [0, 0.05) is 27.0 Å². The van der Waals surface area contributed by atoms with Crippen LogP contribution in [-0.4, -0.2) is 14.2 Å². The summed E-state index contributed by atoms with van der Waals surface area (Å²) in [5, 5.41) is 9.73. The van der Waals surface area contributed by atoms with Crippen LogP contribution >= 0.6 is 39.3 Å². The minimum absolute atomic E-state index is 0.495. The number of hydrogen-bond donors (Lipinski definition) is 2. The van der Waals surface area contributed by atoms with Gasteiger partial charge in [-0.2, -0.15) is 0 Å². The van der Waals surface area contributed by atoms with E-state index in [2.05, 4.69) is 38.7 Å². The maximum Gasteiger partial charge on any atom is 0.151 e. The highest BCUT2D eigenvalue weighted by Crippen LogP contribution is 2.60. The Morgan fingerprint density at radius 2 is 1.50 bits per heavy atom. The molecule has 0 amide bonds. The highest BCUT2D eigenvalue weighted by atomic mass is 79.9. The number of fused-ring (bicyclic) bond motifs is 4. The van der Waals surface area contributed by atoms with Gasteiger partial charge in [-0.05, 0) is 36.4 Å². The molecule has 1 aliphatic rings. The minimum atomic E-state index is 0.495. The zero-order valence-corrected chi connectivity index (χ0v) is 23.6. The molecular formula is C30H22BrClN2O3S. The van der Waals surface area contributed by atoms with Gasteiger partial charge < -0.3 is 24.8 Å². The predicted molar refractivity (Wildman–Crippen MR) is 160 cm³/mol. The highest BCUT2D eigenvalue weighted by Gasteiger charge is 2.31. The van der Waals surface area contributed by atoms with Crippen LogP contribution in [0, 0.1) is 0 Å². The maximum absolute atomic E-state index is 7.00. The Labute approximate surface area is 238 Å². The van der Waals surface area contributed by atoms with Crippen molar-refractivity contribution in [2.45, 2.75) is 9.79 Å². The third kappa shape index (κ3) is 4.41. The van der Waals surface area contributed by atoms with E-state index in [1.165, 1.54) is 0 Å². The van der Waals surface area contributed by atoms with Crippen molar-refractivity contribution in [1.82, 2.24) is 0 Å². The van der Waals surface area contributed by atoms with Gasteiger partial charge in [0.05, 0.1) is 46.1 Å². The fraction of sp³-hybridized carbons (Fsp3) is 0.0667. The molecule has 0 atom stereocenters. The first-order valence-electron chi connectivity index (χ1n) is 11.8. The van der Waals surface area contributed by atoms with Gasteiger partial charge >= 0.3 is 0 Å². The largest absolute Gasteiger partial charge is 0.494 e. The van der Waals surface area contributed by atoms with E-state index in [0.29, 0.717) is 22.3 Å². The van der Waals surface area contributed by atoms with E-state index in [-0.39, 0.29) is 0 Å². The van der Waals surface area contributed by atoms with Crippen LogP contribution in [0.15, 0.2) is 99.2 Å². The van der Waals surface area contributed by atoms with Crippen molar-refractivity contribution in [2.24, 2.45) is 0 Å². The Balaban J connectivity index is 1.54. The van der Waals surface area contributed by atoms with Crippen molar-refractivity contribution in [2.75, 3.05) is 24.9 Å². The maximum atomic E-state index is 7.00. The fourth-order valence-electron chi connectivity index (χ4n) is 4.49. The Morgan fingerprint density at radius 3 is 2.21 bits per heavy atom. The molecule has 0 aromatic heterocycles. The molecule has 5 aromatic carbocycles. The molecule has 0 spiro atoms. The van der Waals surface area contributed by atoms with Crippen LogP contribution in [0.1, 0.15) is 0 Å². The minimum Gasteiger partial charge on any atom is -0.494 e. The van der Waals surface area contributed by atoms with E-state index in [9.17, 15) is 0 Å². The molecule has 1 heterocycles. The third-order valence-corrected chi connectivity index (χ3v) is 8.48. The van der Waals surface area contributed by atoms with E-state index in [4.69, 9.17) is 25.8 Å². The standard InChI is InChI=1S/C30H22BrClN2O3S/c1-35-23-16-22(37-19-8-4-3-5-9-19)24(32)29-26(23)34-25-20-10-6-7-11-21(20)28(36-2)27(30(25)38-29)33-18-14-12-17(31)13-15-18/h3-16,33-34H,1-2H3. The summed E-state index contributed by atoms with van der Waals surface area (Å²) in [4.78, 5) is 1.76. The first kappa shape index (κ1) is 24.8. The zero-order valence-electron chi connectivity index (χ0n) is 20.5. The van der Waals surface area contributed by atoms with Gasteiger partial charge in [-0.15, -0.1) is 0 Å². The quantitative estimate of drug-likeness (QED) is 0.197. The number of hydrogen-bond acceptors (Lipinski definition) is 6. The van der Waals surface area contributed by atoms with Crippen LogP contribution < -0.4 is 24.8 Å². The number of anilines is 4. The van der Waals surface area contributed by atoms with Crippen LogP contribution in [0.4, 0.5) is 22.7 Å². The van der Waals surface area contributed by atoms with Crippen LogP contribution in [0.5, 0.6) is 23.0 Å². The lowest BCUT2D eigenvalue weighted by Gasteiger charge is -2.29. The number of rotatable bonds is 6. The molecule has 0 bridgehead atoms. The molecule has 0 radical (unpaired) electrons. The van der Waals surface area contributed by atoms with Gasteiger partial charge in [-0.3, -0.25) is 0 Å². The van der Waals surface area contributed by atoms with Crippen molar-refractivity contribution < 1.29 is 14.2 Å². The molecule has 190 valence electrons. The van der Waals surface area contributed by atoms with Crippen LogP contribution in [0.3, 0.4) is 0 Å². The smallest absolute Gasteiger partial charge is 0.151 e. The van der Waals surface area contributed by atoms with Gasteiger partial charge in [0.25, 0.3) is 0 Å². The van der Waals surface area contributed by atoms with E-state index < -0.39 is 0 Å². The van der Waals surface area contributed by atoms with Crippen molar-refractivity contribution in [3.8, 4) is 23.0 Å². The van der Waals surface area contributed by atoms with Gasteiger partial charge in [0.2, 0.25) is 0 Å². The first-order chi connectivity index (χ1) is 18.6. The van der Waals surface area contributed by atoms with Crippen LogP contribution in [0.2, 0.25) is 5.02 Å². The second kappa shape index (κ2) is 10.3. The molecule has 0 aliphatic carbocycles. The second-order valence-electron chi connectivity index (χ2n) is 8.53. The van der Waals surface area contributed by atoms with Gasteiger partial charge in [0.1, 0.15) is 11.5 Å². The number of ether oxygens (including phenoxy) is 3. The summed E-state index contributed by atoms with van der Waals surface area (Å²) < 4.78 is 19.0. The third-order valence-electron chi connectivity index (χ3n) is 6.24. The van der Waals surface area contributed by atoms with E-state index in [1.54, 1.807) is 26.0 Å². The number of methoxy groups -OCH3 is 2. The topological polar surface area (TPSA) is 51.8 Å². The molecular weight excluding hydrogens is 584 g/mol. The Morgan fingerprint density at radius 1 is 0.789 bits per heavy atom. The summed E-state index contributed by atoms with van der Waals surface area (Å²) in [6, 6.07) is 27.6. The highest BCUT2D eigenvalue weighted by molar-refractivity contribution is 9.10. The number of nitrogens with one attached hydrogen (secondary N) is 2. The lowest BCUT2D eigenvalue weighted by Crippen LogP contribution is -2.08. The Kier molecular flexibility index (Phi) is 6.74. The second-order valence-corrected chi connectivity index (χ2v) is 10.8. The lowest BCUT2D eigenvalue weighted by atomic mass is 10.0. The molecule has 5 nitrogen and oxygen atoms in total. The summed E-state index contributed by atoms with van der Waals surface area (Å²) >= 11 is 12.1. The first-order valence-corrected chi connectivity index (χ1v) is 13.8. The van der Waals surface area contributed by atoms with Gasteiger partial charge in [-0.25, -0.2) is 0 Å². The van der Waals surface area contributed by atoms with Crippen molar-refractivity contribution >= 4 is 72.8 Å². The molecule has 38 heavy (non-hydrogen) atoms.